The molecule has 0 radical (unpaired) electrons. The number of aliphatic imine (C=N–C) groups is 1. The van der Waals surface area contributed by atoms with Crippen LogP contribution in [0.25, 0.3) is 0 Å². The summed E-state index contributed by atoms with van der Waals surface area (Å²) in [4.78, 5) is 4.56. The molecule has 0 saturated carbocycles. The van der Waals surface area contributed by atoms with Gasteiger partial charge in [-0.1, -0.05) is 26.0 Å². The van der Waals surface area contributed by atoms with E-state index in [-0.39, 0.29) is 29.8 Å². The number of benzene rings is 1. The molecule has 0 saturated heterocycles. The molecule has 0 unspecified atom stereocenters. The van der Waals surface area contributed by atoms with Gasteiger partial charge in [0.15, 0.2) is 5.96 Å². The molecular weight excluding hydrogens is 420 g/mol. The Morgan fingerprint density at radius 3 is 2.54 bits per heavy atom. The first-order chi connectivity index (χ1) is 11.1. The first kappa shape index (κ1) is 20.5. The Kier molecular flexibility index (Phi) is 9.44. The van der Waals surface area contributed by atoms with E-state index >= 15 is 0 Å². The van der Waals surface area contributed by atoms with E-state index in [0.29, 0.717) is 12.5 Å². The maximum Gasteiger partial charge on any atom is 0.191 e. The fourth-order valence-electron chi connectivity index (χ4n) is 1.99. The monoisotopic (exact) mass is 445 g/mol. The largest absolute Gasteiger partial charge is 0.469 e. The molecule has 132 valence electrons. The van der Waals surface area contributed by atoms with Crippen molar-refractivity contribution in [2.45, 2.75) is 26.8 Å². The van der Waals surface area contributed by atoms with Crippen molar-refractivity contribution in [1.82, 2.24) is 10.6 Å². The van der Waals surface area contributed by atoms with Gasteiger partial charge in [0.1, 0.15) is 11.6 Å². The fourth-order valence-corrected chi connectivity index (χ4v) is 1.99. The van der Waals surface area contributed by atoms with E-state index in [1.54, 1.807) is 18.4 Å². The summed E-state index contributed by atoms with van der Waals surface area (Å²) in [5.74, 6) is 2.00. The first-order valence-corrected chi connectivity index (χ1v) is 7.92. The molecule has 0 amide bonds. The zero-order chi connectivity index (χ0) is 16.5. The highest BCUT2D eigenvalue weighted by Gasteiger charge is 2.02. The van der Waals surface area contributed by atoms with Crippen molar-refractivity contribution < 1.29 is 8.81 Å². The average molecular weight is 445 g/mol. The van der Waals surface area contributed by atoms with Gasteiger partial charge < -0.3 is 15.1 Å². The lowest BCUT2D eigenvalue weighted by Crippen LogP contribution is -2.40. The van der Waals surface area contributed by atoms with Crippen LogP contribution in [-0.4, -0.2) is 19.0 Å². The summed E-state index contributed by atoms with van der Waals surface area (Å²) in [6.07, 6.45) is 2.47. The predicted octanol–water partition coefficient (Wildman–Crippen LogP) is 3.97. The van der Waals surface area contributed by atoms with Gasteiger partial charge >= 0.3 is 0 Å². The molecule has 6 heteroatoms. The first-order valence-electron chi connectivity index (χ1n) is 7.92. The van der Waals surface area contributed by atoms with Gasteiger partial charge in [-0.2, -0.15) is 0 Å². The van der Waals surface area contributed by atoms with Crippen LogP contribution < -0.4 is 10.6 Å². The summed E-state index contributed by atoms with van der Waals surface area (Å²) < 4.78 is 18.2. The molecule has 2 N–H and O–H groups in total. The van der Waals surface area contributed by atoms with Gasteiger partial charge in [0.25, 0.3) is 0 Å². The number of furan rings is 1. The molecule has 0 spiro atoms. The van der Waals surface area contributed by atoms with Crippen LogP contribution in [0.2, 0.25) is 0 Å². The Morgan fingerprint density at radius 1 is 1.17 bits per heavy atom. The summed E-state index contributed by atoms with van der Waals surface area (Å²) in [7, 11) is 0. The van der Waals surface area contributed by atoms with Crippen LogP contribution in [-0.2, 0) is 13.0 Å². The van der Waals surface area contributed by atoms with Gasteiger partial charge in [-0.3, -0.25) is 0 Å². The summed E-state index contributed by atoms with van der Waals surface area (Å²) >= 11 is 0. The van der Waals surface area contributed by atoms with Crippen molar-refractivity contribution in [3.05, 3.63) is 59.8 Å². The number of guanidine groups is 1. The second-order valence-corrected chi connectivity index (χ2v) is 5.82. The Balaban J connectivity index is 0.00000288. The van der Waals surface area contributed by atoms with Gasteiger partial charge in [-0.05, 0) is 35.7 Å². The quantitative estimate of drug-likeness (QED) is 0.385. The average Bonchev–Trinajstić information content (AvgIpc) is 3.04. The highest BCUT2D eigenvalue weighted by Crippen LogP contribution is 2.04. The minimum absolute atomic E-state index is 0. The standard InChI is InChI=1S/C18H24FN3O.HI/c1-14(2)12-21-18(20-10-9-17-4-3-11-23-17)22-13-15-5-7-16(19)8-6-15;/h3-8,11,14H,9-10,12-13H2,1-2H3,(H2,20,21,22);1H. The van der Waals surface area contributed by atoms with E-state index in [2.05, 4.69) is 29.5 Å². The van der Waals surface area contributed by atoms with Gasteiger partial charge in [0.05, 0.1) is 12.8 Å². The fraction of sp³-hybridized carbons (Fsp3) is 0.389. The zero-order valence-corrected chi connectivity index (χ0v) is 16.4. The lowest BCUT2D eigenvalue weighted by atomic mass is 10.2. The second-order valence-electron chi connectivity index (χ2n) is 5.82. The van der Waals surface area contributed by atoms with Crippen molar-refractivity contribution in [1.29, 1.82) is 0 Å². The molecule has 0 aliphatic heterocycles. The van der Waals surface area contributed by atoms with Crippen LogP contribution in [0.4, 0.5) is 4.39 Å². The highest BCUT2D eigenvalue weighted by atomic mass is 127. The number of nitrogens with zero attached hydrogens (tertiary/aromatic N) is 1. The topological polar surface area (TPSA) is 49.6 Å². The summed E-state index contributed by atoms with van der Waals surface area (Å²) in [5, 5.41) is 6.61. The number of hydrogen-bond donors (Lipinski definition) is 2. The smallest absolute Gasteiger partial charge is 0.191 e. The highest BCUT2D eigenvalue weighted by molar-refractivity contribution is 14.0. The van der Waals surface area contributed by atoms with Crippen molar-refractivity contribution >= 4 is 29.9 Å². The van der Waals surface area contributed by atoms with E-state index in [1.165, 1.54) is 12.1 Å². The van der Waals surface area contributed by atoms with Gasteiger partial charge in [0.2, 0.25) is 0 Å². The van der Waals surface area contributed by atoms with Crippen LogP contribution in [0.3, 0.4) is 0 Å². The van der Waals surface area contributed by atoms with E-state index in [9.17, 15) is 4.39 Å². The summed E-state index contributed by atoms with van der Waals surface area (Å²) in [6, 6.07) is 10.3. The van der Waals surface area contributed by atoms with Gasteiger partial charge in [-0.25, -0.2) is 9.38 Å². The molecule has 24 heavy (non-hydrogen) atoms. The van der Waals surface area contributed by atoms with Crippen LogP contribution in [0.1, 0.15) is 25.2 Å². The molecular formula is C18H25FIN3O. The summed E-state index contributed by atoms with van der Waals surface area (Å²) in [6.45, 7) is 6.38. The molecule has 0 atom stereocenters. The molecule has 0 aliphatic rings. The molecule has 1 aromatic heterocycles. The number of halogens is 2. The number of rotatable bonds is 7. The molecule has 1 heterocycles. The number of hydrogen-bond acceptors (Lipinski definition) is 2. The zero-order valence-electron chi connectivity index (χ0n) is 14.1. The van der Waals surface area contributed by atoms with Crippen molar-refractivity contribution in [3.8, 4) is 0 Å². The molecule has 0 bridgehead atoms. The Bertz CT molecular complexity index is 597. The SMILES string of the molecule is CC(C)CNC(=NCc1ccc(F)cc1)NCCc1ccco1.I. The molecule has 0 aliphatic carbocycles. The Labute approximate surface area is 160 Å². The minimum Gasteiger partial charge on any atom is -0.469 e. The normalized spacial score (nSPS) is 11.2. The minimum atomic E-state index is -0.229. The van der Waals surface area contributed by atoms with E-state index in [4.69, 9.17) is 4.42 Å². The Hall–Kier alpha value is -1.57. The van der Waals surface area contributed by atoms with Crippen LogP contribution in [0.5, 0.6) is 0 Å². The van der Waals surface area contributed by atoms with E-state index in [1.807, 2.05) is 12.1 Å². The van der Waals surface area contributed by atoms with Crippen LogP contribution in [0.15, 0.2) is 52.1 Å². The van der Waals surface area contributed by atoms with E-state index in [0.717, 1.165) is 36.8 Å². The van der Waals surface area contributed by atoms with Crippen molar-refractivity contribution in [2.24, 2.45) is 10.9 Å². The molecule has 0 fully saturated rings. The van der Waals surface area contributed by atoms with Crippen molar-refractivity contribution in [2.75, 3.05) is 13.1 Å². The van der Waals surface area contributed by atoms with Crippen molar-refractivity contribution in [3.63, 3.8) is 0 Å². The predicted molar refractivity (Wildman–Crippen MR) is 106 cm³/mol. The lowest BCUT2D eigenvalue weighted by Gasteiger charge is -2.14. The number of nitrogens with one attached hydrogen (secondary N) is 2. The molecule has 2 aromatic rings. The lowest BCUT2D eigenvalue weighted by molar-refractivity contribution is 0.506. The van der Waals surface area contributed by atoms with E-state index < -0.39 is 0 Å². The summed E-state index contributed by atoms with van der Waals surface area (Å²) in [5.41, 5.74) is 0.975. The maximum atomic E-state index is 12.9. The van der Waals surface area contributed by atoms with Gasteiger partial charge in [-0.15, -0.1) is 24.0 Å². The second kappa shape index (κ2) is 11.1. The molecule has 4 nitrogen and oxygen atoms in total. The third-order valence-corrected chi connectivity index (χ3v) is 3.25. The Morgan fingerprint density at radius 2 is 1.92 bits per heavy atom. The molecule has 2 rings (SSSR count). The molecule has 1 aromatic carbocycles. The third-order valence-electron chi connectivity index (χ3n) is 3.25. The van der Waals surface area contributed by atoms with Crippen LogP contribution >= 0.6 is 24.0 Å². The van der Waals surface area contributed by atoms with Crippen LogP contribution in [0, 0.1) is 11.7 Å². The third kappa shape index (κ3) is 7.81. The maximum absolute atomic E-state index is 12.9. The van der Waals surface area contributed by atoms with Gasteiger partial charge in [0, 0.05) is 19.5 Å².